The number of ketones is 1. The predicted octanol–water partition coefficient (Wildman–Crippen LogP) is 4.94. The molecule has 0 N–H and O–H groups in total. The van der Waals surface area contributed by atoms with Gasteiger partial charge >= 0.3 is 0 Å². The summed E-state index contributed by atoms with van der Waals surface area (Å²) in [7, 11) is -3.50. The van der Waals surface area contributed by atoms with Gasteiger partial charge in [-0.15, -0.1) is 0 Å². The Bertz CT molecular complexity index is 955. The van der Waals surface area contributed by atoms with Crippen LogP contribution in [0.2, 0.25) is 0 Å². The van der Waals surface area contributed by atoms with Crippen molar-refractivity contribution in [3.05, 3.63) is 65.7 Å². The molecule has 0 aliphatic carbocycles. The molecule has 1 heterocycles. The first-order valence-electron chi connectivity index (χ1n) is 10.6. The van der Waals surface area contributed by atoms with Gasteiger partial charge in [0.25, 0.3) is 0 Å². The Kier molecular flexibility index (Phi) is 7.82. The van der Waals surface area contributed by atoms with E-state index in [1.165, 1.54) is 18.2 Å². The maximum atomic E-state index is 12.8. The van der Waals surface area contributed by atoms with Gasteiger partial charge in [-0.2, -0.15) is 4.31 Å². The Morgan fingerprint density at radius 2 is 1.60 bits per heavy atom. The van der Waals surface area contributed by atoms with Gasteiger partial charge in [-0.3, -0.25) is 4.79 Å². The summed E-state index contributed by atoms with van der Waals surface area (Å²) >= 11 is 0. The molecule has 1 aliphatic heterocycles. The Morgan fingerprint density at radius 3 is 2.20 bits per heavy atom. The van der Waals surface area contributed by atoms with Crippen LogP contribution in [-0.2, 0) is 10.0 Å². The summed E-state index contributed by atoms with van der Waals surface area (Å²) in [6.45, 7) is 3.86. The first kappa shape index (κ1) is 22.2. The summed E-state index contributed by atoms with van der Waals surface area (Å²) in [6, 6.07) is 13.8. The maximum absolute atomic E-state index is 12.8. The highest BCUT2D eigenvalue weighted by Gasteiger charge is 2.25. The minimum absolute atomic E-state index is 0.167. The summed E-state index contributed by atoms with van der Waals surface area (Å²) in [5, 5.41) is 0. The molecular weight excluding hydrogens is 398 g/mol. The number of ether oxygens (including phenoxy) is 1. The summed E-state index contributed by atoms with van der Waals surface area (Å²) in [6.07, 6.45) is 8.13. The second-order valence-electron chi connectivity index (χ2n) is 7.46. The monoisotopic (exact) mass is 427 g/mol. The van der Waals surface area contributed by atoms with Crippen molar-refractivity contribution in [2.75, 3.05) is 19.7 Å². The lowest BCUT2D eigenvalue weighted by Crippen LogP contribution is -2.31. The largest absolute Gasteiger partial charge is 0.494 e. The number of hydrogen-bond donors (Lipinski definition) is 0. The predicted molar refractivity (Wildman–Crippen MR) is 119 cm³/mol. The van der Waals surface area contributed by atoms with Crippen LogP contribution in [0.5, 0.6) is 5.75 Å². The van der Waals surface area contributed by atoms with E-state index < -0.39 is 10.0 Å². The number of hydrogen-bond acceptors (Lipinski definition) is 4. The summed E-state index contributed by atoms with van der Waals surface area (Å²) in [4.78, 5) is 12.7. The number of carbonyl (C=O) groups is 1. The van der Waals surface area contributed by atoms with E-state index in [0.29, 0.717) is 25.3 Å². The van der Waals surface area contributed by atoms with E-state index in [1.807, 2.05) is 24.3 Å². The number of nitrogens with zero attached hydrogens (tertiary/aromatic N) is 1. The number of allylic oxidation sites excluding steroid dienone is 1. The fourth-order valence-electron chi connectivity index (χ4n) is 3.39. The number of rotatable bonds is 8. The van der Waals surface area contributed by atoms with Gasteiger partial charge in [0.1, 0.15) is 5.75 Å². The van der Waals surface area contributed by atoms with E-state index in [4.69, 9.17) is 4.74 Å². The van der Waals surface area contributed by atoms with Crippen molar-refractivity contribution in [3.8, 4) is 5.75 Å². The molecule has 0 bridgehead atoms. The average Bonchev–Trinajstić information content (AvgIpc) is 3.07. The quantitative estimate of drug-likeness (QED) is 0.442. The second kappa shape index (κ2) is 10.5. The van der Waals surface area contributed by atoms with Crippen LogP contribution in [0.15, 0.2) is 59.5 Å². The van der Waals surface area contributed by atoms with Gasteiger partial charge in [-0.1, -0.05) is 38.0 Å². The third-order valence-electron chi connectivity index (χ3n) is 5.12. The zero-order chi connectivity index (χ0) is 21.4. The fourth-order valence-corrected chi connectivity index (χ4v) is 4.90. The van der Waals surface area contributed by atoms with E-state index in [1.54, 1.807) is 22.5 Å². The third kappa shape index (κ3) is 5.80. The van der Waals surface area contributed by atoms with Crippen LogP contribution in [0, 0.1) is 0 Å². The molecule has 5 nitrogen and oxygen atoms in total. The molecule has 0 amide bonds. The molecule has 160 valence electrons. The lowest BCUT2D eigenvalue weighted by Gasteiger charge is -2.19. The van der Waals surface area contributed by atoms with Gasteiger partial charge in [-0.05, 0) is 67.3 Å². The van der Waals surface area contributed by atoms with E-state index in [9.17, 15) is 13.2 Å². The van der Waals surface area contributed by atoms with Crippen molar-refractivity contribution < 1.29 is 17.9 Å². The van der Waals surface area contributed by atoms with E-state index in [-0.39, 0.29) is 10.7 Å². The molecule has 0 spiro atoms. The zero-order valence-electron chi connectivity index (χ0n) is 17.4. The van der Waals surface area contributed by atoms with Crippen LogP contribution in [0.25, 0.3) is 6.08 Å². The molecule has 0 aromatic heterocycles. The van der Waals surface area contributed by atoms with Crippen molar-refractivity contribution in [2.45, 2.75) is 43.9 Å². The summed E-state index contributed by atoms with van der Waals surface area (Å²) < 4.78 is 32.8. The Balaban J connectivity index is 1.65. The molecular formula is C24H29NO4S. The molecule has 0 radical (unpaired) electrons. The molecule has 3 rings (SSSR count). The van der Waals surface area contributed by atoms with E-state index >= 15 is 0 Å². The number of benzene rings is 2. The molecule has 1 aliphatic rings. The van der Waals surface area contributed by atoms with Gasteiger partial charge in [0, 0.05) is 18.7 Å². The lowest BCUT2D eigenvalue weighted by atomic mass is 10.1. The van der Waals surface area contributed by atoms with Crippen LogP contribution < -0.4 is 4.74 Å². The van der Waals surface area contributed by atoms with Crippen LogP contribution in [0.4, 0.5) is 0 Å². The first-order valence-corrected chi connectivity index (χ1v) is 12.0. The zero-order valence-corrected chi connectivity index (χ0v) is 18.2. The van der Waals surface area contributed by atoms with E-state index in [2.05, 4.69) is 6.92 Å². The molecule has 6 heteroatoms. The smallest absolute Gasteiger partial charge is 0.243 e. The van der Waals surface area contributed by atoms with Gasteiger partial charge in [-0.25, -0.2) is 8.42 Å². The molecule has 0 atom stereocenters. The Labute approximate surface area is 179 Å². The Hall–Kier alpha value is -2.44. The maximum Gasteiger partial charge on any atom is 0.243 e. The molecule has 30 heavy (non-hydrogen) atoms. The molecule has 0 unspecified atom stereocenters. The molecule has 2 aromatic rings. The van der Waals surface area contributed by atoms with Gasteiger partial charge < -0.3 is 4.74 Å². The highest BCUT2D eigenvalue weighted by molar-refractivity contribution is 7.89. The number of carbonyl (C=O) groups excluding carboxylic acids is 1. The highest BCUT2D eigenvalue weighted by atomic mass is 32.2. The fraction of sp³-hybridized carbons (Fsp3) is 0.375. The second-order valence-corrected chi connectivity index (χ2v) is 9.40. The van der Waals surface area contributed by atoms with Crippen LogP contribution in [-0.4, -0.2) is 38.2 Å². The first-order chi connectivity index (χ1) is 14.5. The average molecular weight is 428 g/mol. The van der Waals surface area contributed by atoms with Gasteiger partial charge in [0.15, 0.2) is 5.78 Å². The highest BCUT2D eigenvalue weighted by Crippen LogP contribution is 2.21. The minimum Gasteiger partial charge on any atom is -0.494 e. The van der Waals surface area contributed by atoms with Gasteiger partial charge in [0.05, 0.1) is 11.5 Å². The third-order valence-corrected chi connectivity index (χ3v) is 7.03. The summed E-state index contributed by atoms with van der Waals surface area (Å²) in [5.41, 5.74) is 1.36. The standard InChI is InChI=1S/C24H29NO4S/c1-2-19-29-22-12-7-20(8-13-22)9-16-24(26)21-10-14-23(15-11-21)30(27,28)25-17-5-3-4-6-18-25/h7-16H,2-6,17-19H2,1H3. The van der Waals surface area contributed by atoms with E-state index in [0.717, 1.165) is 43.4 Å². The van der Waals surface area contributed by atoms with Crippen LogP contribution in [0.1, 0.15) is 54.9 Å². The molecule has 1 fully saturated rings. The number of sulfonamides is 1. The van der Waals surface area contributed by atoms with Crippen molar-refractivity contribution in [3.63, 3.8) is 0 Å². The molecule has 1 saturated heterocycles. The molecule has 0 saturated carbocycles. The minimum atomic E-state index is -3.50. The van der Waals surface area contributed by atoms with Crippen molar-refractivity contribution >= 4 is 21.9 Å². The van der Waals surface area contributed by atoms with Crippen molar-refractivity contribution in [1.29, 1.82) is 0 Å². The Morgan fingerprint density at radius 1 is 0.967 bits per heavy atom. The molecule has 2 aromatic carbocycles. The SMILES string of the molecule is CCCOc1ccc(C=CC(=O)c2ccc(S(=O)(=O)N3CCCCCC3)cc2)cc1. The van der Waals surface area contributed by atoms with Crippen LogP contribution >= 0.6 is 0 Å². The van der Waals surface area contributed by atoms with Crippen molar-refractivity contribution in [2.24, 2.45) is 0 Å². The van der Waals surface area contributed by atoms with Crippen molar-refractivity contribution in [1.82, 2.24) is 4.31 Å². The van der Waals surface area contributed by atoms with Gasteiger partial charge in [0.2, 0.25) is 10.0 Å². The summed E-state index contributed by atoms with van der Waals surface area (Å²) in [5.74, 6) is 0.640. The lowest BCUT2D eigenvalue weighted by molar-refractivity contribution is 0.104. The normalized spacial score (nSPS) is 15.8. The van der Waals surface area contributed by atoms with Crippen LogP contribution in [0.3, 0.4) is 0 Å². The topological polar surface area (TPSA) is 63.7 Å².